The average molecular weight is 278 g/mol. The maximum atomic E-state index is 11.6. The van der Waals surface area contributed by atoms with Gasteiger partial charge in [-0.15, -0.1) is 11.3 Å². The average Bonchev–Trinajstić information content (AvgIpc) is 2.95. The fourth-order valence-electron chi connectivity index (χ4n) is 2.08. The van der Waals surface area contributed by atoms with Crippen LogP contribution in [-0.2, 0) is 4.74 Å². The molecular formula is C14H18N2O2S. The van der Waals surface area contributed by atoms with Crippen LogP contribution in [0.4, 0.5) is 0 Å². The Labute approximate surface area is 117 Å². The summed E-state index contributed by atoms with van der Waals surface area (Å²) in [6.07, 6.45) is 3.43. The molecule has 0 spiro atoms. The highest BCUT2D eigenvalue weighted by atomic mass is 32.1. The summed E-state index contributed by atoms with van der Waals surface area (Å²) in [5, 5.41) is 0. The number of hydrogen-bond donors (Lipinski definition) is 0. The fourth-order valence-corrected chi connectivity index (χ4v) is 3.10. The van der Waals surface area contributed by atoms with Crippen molar-refractivity contribution in [1.82, 2.24) is 9.55 Å². The summed E-state index contributed by atoms with van der Waals surface area (Å²) in [7, 11) is 0. The summed E-state index contributed by atoms with van der Waals surface area (Å²) in [6.45, 7) is 8.47. The number of ether oxygens (including phenoxy) is 1. The predicted molar refractivity (Wildman–Crippen MR) is 75.8 cm³/mol. The third-order valence-electron chi connectivity index (χ3n) is 3.06. The number of rotatable bonds is 4. The molecule has 0 aliphatic heterocycles. The largest absolute Gasteiger partial charge is 0.461 e. The van der Waals surface area contributed by atoms with Crippen LogP contribution in [0.5, 0.6) is 0 Å². The molecule has 1 unspecified atom stereocenters. The molecule has 2 aromatic heterocycles. The number of carbonyl (C=O) groups is 1. The highest BCUT2D eigenvalue weighted by Gasteiger charge is 2.16. The second-order valence-corrected chi connectivity index (χ2v) is 5.93. The molecule has 2 rings (SSSR count). The van der Waals surface area contributed by atoms with E-state index in [1.165, 1.54) is 15.3 Å². The zero-order valence-corrected chi connectivity index (χ0v) is 12.5. The topological polar surface area (TPSA) is 44.1 Å². The Hall–Kier alpha value is -1.62. The summed E-state index contributed by atoms with van der Waals surface area (Å²) < 4.78 is 6.89. The van der Waals surface area contributed by atoms with Crippen LogP contribution in [0, 0.1) is 13.8 Å². The van der Waals surface area contributed by atoms with Gasteiger partial charge in [0.1, 0.15) is 0 Å². The summed E-state index contributed by atoms with van der Waals surface area (Å²) in [6, 6.07) is 2.36. The van der Waals surface area contributed by atoms with Gasteiger partial charge in [0.15, 0.2) is 5.69 Å². The molecule has 0 aliphatic rings. The van der Waals surface area contributed by atoms with E-state index in [1.807, 2.05) is 4.57 Å². The zero-order valence-electron chi connectivity index (χ0n) is 11.6. The van der Waals surface area contributed by atoms with E-state index in [-0.39, 0.29) is 12.0 Å². The Bertz CT molecular complexity index is 586. The van der Waals surface area contributed by atoms with Crippen molar-refractivity contribution in [2.24, 2.45) is 0 Å². The molecule has 2 aromatic rings. The molecule has 0 bridgehead atoms. The molecule has 0 aromatic carbocycles. The van der Waals surface area contributed by atoms with Crippen LogP contribution in [0.1, 0.15) is 45.7 Å². The summed E-state index contributed by atoms with van der Waals surface area (Å²) >= 11 is 1.79. The quantitative estimate of drug-likeness (QED) is 0.806. The number of hydrogen-bond acceptors (Lipinski definition) is 4. The van der Waals surface area contributed by atoms with Crippen LogP contribution < -0.4 is 0 Å². The van der Waals surface area contributed by atoms with E-state index in [9.17, 15) is 4.79 Å². The molecule has 0 amide bonds. The SMILES string of the molecule is CCOC(=O)c1cn(C(C)c2cc(C)sc2C)cn1. The molecule has 5 heteroatoms. The molecule has 0 saturated carbocycles. The van der Waals surface area contributed by atoms with Gasteiger partial charge >= 0.3 is 5.97 Å². The van der Waals surface area contributed by atoms with Gasteiger partial charge in [0.05, 0.1) is 19.0 Å². The van der Waals surface area contributed by atoms with Crippen LogP contribution in [0.3, 0.4) is 0 Å². The van der Waals surface area contributed by atoms with E-state index in [0.29, 0.717) is 12.3 Å². The highest BCUT2D eigenvalue weighted by Crippen LogP contribution is 2.28. The van der Waals surface area contributed by atoms with Gasteiger partial charge in [-0.1, -0.05) is 0 Å². The molecule has 0 radical (unpaired) electrons. The second-order valence-electron chi connectivity index (χ2n) is 4.47. The van der Waals surface area contributed by atoms with E-state index in [1.54, 1.807) is 30.8 Å². The number of carbonyl (C=O) groups excluding carboxylic acids is 1. The normalized spacial score (nSPS) is 12.4. The molecule has 0 N–H and O–H groups in total. The van der Waals surface area contributed by atoms with Crippen molar-refractivity contribution < 1.29 is 9.53 Å². The number of esters is 1. The van der Waals surface area contributed by atoms with Crippen LogP contribution >= 0.6 is 11.3 Å². The minimum absolute atomic E-state index is 0.167. The first-order valence-corrected chi connectivity index (χ1v) is 7.12. The Morgan fingerprint density at radius 2 is 2.26 bits per heavy atom. The zero-order chi connectivity index (χ0) is 14.0. The minimum Gasteiger partial charge on any atom is -0.461 e. The van der Waals surface area contributed by atoms with Crippen molar-refractivity contribution in [2.45, 2.75) is 33.7 Å². The highest BCUT2D eigenvalue weighted by molar-refractivity contribution is 7.12. The molecule has 4 nitrogen and oxygen atoms in total. The van der Waals surface area contributed by atoms with Crippen LogP contribution in [0.15, 0.2) is 18.6 Å². The lowest BCUT2D eigenvalue weighted by molar-refractivity contribution is 0.0520. The summed E-state index contributed by atoms with van der Waals surface area (Å²) in [5.74, 6) is -0.369. The third kappa shape index (κ3) is 2.87. The number of aromatic nitrogens is 2. The van der Waals surface area contributed by atoms with Gasteiger partial charge in [-0.3, -0.25) is 0 Å². The molecule has 0 saturated heterocycles. The Morgan fingerprint density at radius 3 is 2.84 bits per heavy atom. The summed E-state index contributed by atoms with van der Waals surface area (Å²) in [5.41, 5.74) is 1.63. The fraction of sp³-hybridized carbons (Fsp3) is 0.429. The van der Waals surface area contributed by atoms with Crippen molar-refractivity contribution in [2.75, 3.05) is 6.61 Å². The standard InChI is InChI=1S/C14H18N2O2S/c1-5-18-14(17)13-7-16(8-15-13)10(3)12-6-9(2)19-11(12)4/h6-8,10H,5H2,1-4H3. The van der Waals surface area contributed by atoms with Crippen LogP contribution in [-0.4, -0.2) is 22.1 Å². The molecule has 0 aliphatic carbocycles. The Morgan fingerprint density at radius 1 is 1.53 bits per heavy atom. The van der Waals surface area contributed by atoms with Crippen molar-refractivity contribution in [3.63, 3.8) is 0 Å². The van der Waals surface area contributed by atoms with Crippen molar-refractivity contribution >= 4 is 17.3 Å². The summed E-state index contributed by atoms with van der Waals surface area (Å²) in [4.78, 5) is 18.3. The van der Waals surface area contributed by atoms with Gasteiger partial charge in [0.25, 0.3) is 0 Å². The number of thiophene rings is 1. The van der Waals surface area contributed by atoms with Crippen molar-refractivity contribution in [1.29, 1.82) is 0 Å². The van der Waals surface area contributed by atoms with Gasteiger partial charge in [-0.2, -0.15) is 0 Å². The molecule has 0 fully saturated rings. The lowest BCUT2D eigenvalue weighted by Gasteiger charge is -2.12. The predicted octanol–water partition coefficient (Wildman–Crippen LogP) is 3.35. The first-order chi connectivity index (χ1) is 9.02. The first-order valence-electron chi connectivity index (χ1n) is 6.30. The minimum atomic E-state index is -0.369. The van der Waals surface area contributed by atoms with Crippen LogP contribution in [0.25, 0.3) is 0 Å². The van der Waals surface area contributed by atoms with Gasteiger partial charge in [0, 0.05) is 16.0 Å². The first kappa shape index (κ1) is 13.8. The van der Waals surface area contributed by atoms with Gasteiger partial charge in [0.2, 0.25) is 0 Å². The van der Waals surface area contributed by atoms with Crippen molar-refractivity contribution in [3.8, 4) is 0 Å². The maximum Gasteiger partial charge on any atom is 0.358 e. The van der Waals surface area contributed by atoms with E-state index >= 15 is 0 Å². The maximum absolute atomic E-state index is 11.6. The van der Waals surface area contributed by atoms with E-state index in [2.05, 4.69) is 31.8 Å². The molecular weight excluding hydrogens is 260 g/mol. The molecule has 19 heavy (non-hydrogen) atoms. The smallest absolute Gasteiger partial charge is 0.358 e. The lowest BCUT2D eigenvalue weighted by Crippen LogP contribution is -2.06. The Kier molecular flexibility index (Phi) is 4.04. The number of nitrogens with zero attached hydrogens (tertiary/aromatic N) is 2. The molecule has 102 valence electrons. The van der Waals surface area contributed by atoms with E-state index in [0.717, 1.165) is 0 Å². The molecule has 1 atom stereocenters. The van der Waals surface area contributed by atoms with E-state index < -0.39 is 0 Å². The lowest BCUT2D eigenvalue weighted by atomic mass is 10.1. The molecule has 2 heterocycles. The van der Waals surface area contributed by atoms with Gasteiger partial charge in [-0.05, 0) is 39.3 Å². The Balaban J connectivity index is 2.23. The monoisotopic (exact) mass is 278 g/mol. The van der Waals surface area contributed by atoms with Crippen LogP contribution in [0.2, 0.25) is 0 Å². The van der Waals surface area contributed by atoms with Gasteiger partial charge in [-0.25, -0.2) is 9.78 Å². The van der Waals surface area contributed by atoms with Gasteiger partial charge < -0.3 is 9.30 Å². The van der Waals surface area contributed by atoms with Crippen molar-refractivity contribution in [3.05, 3.63) is 39.6 Å². The second kappa shape index (κ2) is 5.57. The number of aryl methyl sites for hydroxylation is 2. The van der Waals surface area contributed by atoms with E-state index in [4.69, 9.17) is 4.74 Å². The third-order valence-corrected chi connectivity index (χ3v) is 4.04. The number of imidazole rings is 1.